The Hall–Kier alpha value is -2.43. The molecule has 2 aromatic carbocycles. The molecule has 1 heterocycles. The van der Waals surface area contributed by atoms with Crippen molar-refractivity contribution in [2.75, 3.05) is 37.7 Å². The maximum Gasteiger partial charge on any atom is 0.228 e. The van der Waals surface area contributed by atoms with E-state index < -0.39 is 0 Å². The van der Waals surface area contributed by atoms with Gasteiger partial charge in [-0.25, -0.2) is 10.0 Å². The molecule has 0 N–H and O–H groups in total. The number of carbonyl (C=O) groups excluding carboxylic acids is 1. The maximum atomic E-state index is 11.6. The topological polar surface area (TPSA) is 26.8 Å². The number of hydrogen-bond acceptors (Lipinski definition) is 3. The molecule has 0 spiro atoms. The van der Waals surface area contributed by atoms with E-state index in [-0.39, 0.29) is 0 Å². The third kappa shape index (κ3) is 4.78. The lowest BCUT2D eigenvalue weighted by atomic mass is 10.2. The van der Waals surface area contributed by atoms with E-state index in [1.54, 1.807) is 5.01 Å². The Labute approximate surface area is 149 Å². The van der Waals surface area contributed by atoms with Crippen molar-refractivity contribution >= 4 is 18.2 Å². The molecule has 0 unspecified atom stereocenters. The maximum absolute atomic E-state index is 11.6. The summed E-state index contributed by atoms with van der Waals surface area (Å²) in [6, 6.07) is 18.4. The predicted octanol–water partition coefficient (Wildman–Crippen LogP) is 3.20. The second-order valence-corrected chi connectivity index (χ2v) is 6.35. The summed E-state index contributed by atoms with van der Waals surface area (Å²) >= 11 is 0. The van der Waals surface area contributed by atoms with Gasteiger partial charge in [0.2, 0.25) is 6.41 Å². The Morgan fingerprint density at radius 2 is 1.64 bits per heavy atom. The summed E-state index contributed by atoms with van der Waals surface area (Å²) in [5.41, 5.74) is 3.36. The van der Waals surface area contributed by atoms with E-state index in [0.717, 1.165) is 44.8 Å². The minimum Gasteiger partial charge on any atom is -0.297 e. The molecule has 0 saturated carbocycles. The SMILES string of the molecule is Cc1ccc(N(C=O)N2CCN(CC=Cc3ccccc3)CC2)cc1. The molecule has 1 aliphatic heterocycles. The average molecular weight is 335 g/mol. The van der Waals surface area contributed by atoms with Gasteiger partial charge in [0.1, 0.15) is 0 Å². The number of hydrazine groups is 1. The predicted molar refractivity (Wildman–Crippen MR) is 103 cm³/mol. The van der Waals surface area contributed by atoms with Crippen LogP contribution in [0.5, 0.6) is 0 Å². The first-order valence-corrected chi connectivity index (χ1v) is 8.76. The van der Waals surface area contributed by atoms with Gasteiger partial charge < -0.3 is 0 Å². The van der Waals surface area contributed by atoms with Crippen LogP contribution < -0.4 is 5.01 Å². The highest BCUT2D eigenvalue weighted by atomic mass is 16.1. The first kappa shape index (κ1) is 17.4. The molecule has 4 heteroatoms. The van der Waals surface area contributed by atoms with Crippen LogP contribution in [0.15, 0.2) is 60.7 Å². The number of hydrogen-bond donors (Lipinski definition) is 0. The fourth-order valence-corrected chi connectivity index (χ4v) is 3.03. The zero-order valence-electron chi connectivity index (χ0n) is 14.7. The fraction of sp³-hybridized carbons (Fsp3) is 0.286. The molecule has 0 aliphatic carbocycles. The second kappa shape index (κ2) is 8.60. The number of aryl methyl sites for hydroxylation is 1. The van der Waals surface area contributed by atoms with Crippen molar-refractivity contribution < 1.29 is 4.79 Å². The summed E-state index contributed by atoms with van der Waals surface area (Å²) < 4.78 is 0. The molecular formula is C21H25N3O. The molecular weight excluding hydrogens is 310 g/mol. The molecule has 130 valence electrons. The van der Waals surface area contributed by atoms with Gasteiger partial charge in [0.25, 0.3) is 0 Å². The molecule has 0 radical (unpaired) electrons. The Morgan fingerprint density at radius 1 is 0.960 bits per heavy atom. The number of benzene rings is 2. The Morgan fingerprint density at radius 3 is 2.28 bits per heavy atom. The van der Waals surface area contributed by atoms with Crippen molar-refractivity contribution in [3.63, 3.8) is 0 Å². The molecule has 25 heavy (non-hydrogen) atoms. The van der Waals surface area contributed by atoms with Gasteiger partial charge in [-0.05, 0) is 24.6 Å². The quantitative estimate of drug-likeness (QED) is 0.759. The monoisotopic (exact) mass is 335 g/mol. The number of rotatable bonds is 6. The minimum atomic E-state index is 0.853. The molecule has 2 aromatic rings. The molecule has 0 bridgehead atoms. The first-order valence-electron chi connectivity index (χ1n) is 8.76. The van der Waals surface area contributed by atoms with E-state index in [9.17, 15) is 4.79 Å². The molecule has 4 nitrogen and oxygen atoms in total. The van der Waals surface area contributed by atoms with E-state index in [1.165, 1.54) is 11.1 Å². The standard InChI is InChI=1S/C21H25N3O/c1-19-9-11-21(12-10-19)24(18-25)23-16-14-22(15-17-23)13-5-8-20-6-3-2-4-7-20/h2-12,18H,13-17H2,1H3. The summed E-state index contributed by atoms with van der Waals surface area (Å²) in [5, 5.41) is 3.85. The van der Waals surface area contributed by atoms with Gasteiger partial charge in [0, 0.05) is 32.7 Å². The van der Waals surface area contributed by atoms with Crippen LogP contribution in [0.4, 0.5) is 5.69 Å². The van der Waals surface area contributed by atoms with Crippen LogP contribution in [0, 0.1) is 6.92 Å². The Kier molecular flexibility index (Phi) is 5.99. The van der Waals surface area contributed by atoms with E-state index in [4.69, 9.17) is 0 Å². The molecule has 1 fully saturated rings. The normalized spacial score (nSPS) is 16.2. The van der Waals surface area contributed by atoms with E-state index >= 15 is 0 Å². The zero-order valence-corrected chi connectivity index (χ0v) is 14.7. The largest absolute Gasteiger partial charge is 0.297 e. The van der Waals surface area contributed by atoms with Crippen molar-refractivity contribution in [3.05, 3.63) is 71.8 Å². The highest BCUT2D eigenvalue weighted by molar-refractivity contribution is 5.73. The van der Waals surface area contributed by atoms with Crippen LogP contribution >= 0.6 is 0 Å². The van der Waals surface area contributed by atoms with Crippen molar-refractivity contribution in [1.29, 1.82) is 0 Å². The van der Waals surface area contributed by atoms with Crippen LogP contribution in [-0.4, -0.2) is 49.0 Å². The summed E-state index contributed by atoms with van der Waals surface area (Å²) in [6.07, 6.45) is 5.29. The van der Waals surface area contributed by atoms with Gasteiger partial charge >= 0.3 is 0 Å². The zero-order chi connectivity index (χ0) is 17.5. The molecule has 1 amide bonds. The Balaban J connectivity index is 1.51. The van der Waals surface area contributed by atoms with Crippen LogP contribution in [-0.2, 0) is 4.79 Å². The van der Waals surface area contributed by atoms with Gasteiger partial charge in [-0.15, -0.1) is 0 Å². The van der Waals surface area contributed by atoms with Gasteiger partial charge in [-0.2, -0.15) is 0 Å². The van der Waals surface area contributed by atoms with Gasteiger partial charge in [-0.1, -0.05) is 60.2 Å². The van der Waals surface area contributed by atoms with E-state index in [2.05, 4.69) is 53.3 Å². The lowest BCUT2D eigenvalue weighted by molar-refractivity contribution is -0.110. The summed E-state index contributed by atoms with van der Waals surface area (Å²) in [6.45, 7) is 6.60. The lowest BCUT2D eigenvalue weighted by Gasteiger charge is -2.39. The highest BCUT2D eigenvalue weighted by Crippen LogP contribution is 2.17. The van der Waals surface area contributed by atoms with E-state index in [1.807, 2.05) is 30.3 Å². The second-order valence-electron chi connectivity index (χ2n) is 6.35. The molecule has 3 rings (SSSR count). The molecule has 0 atom stereocenters. The van der Waals surface area contributed by atoms with Crippen LogP contribution in [0.25, 0.3) is 6.08 Å². The number of amides is 1. The van der Waals surface area contributed by atoms with Crippen molar-refractivity contribution in [1.82, 2.24) is 9.91 Å². The van der Waals surface area contributed by atoms with Crippen LogP contribution in [0.2, 0.25) is 0 Å². The fourth-order valence-electron chi connectivity index (χ4n) is 3.03. The lowest BCUT2D eigenvalue weighted by Crippen LogP contribution is -2.53. The van der Waals surface area contributed by atoms with Gasteiger partial charge in [0.15, 0.2) is 0 Å². The summed E-state index contributed by atoms with van der Waals surface area (Å²) in [4.78, 5) is 14.0. The van der Waals surface area contributed by atoms with Crippen LogP contribution in [0.1, 0.15) is 11.1 Å². The average Bonchev–Trinajstić information content (AvgIpc) is 2.66. The smallest absolute Gasteiger partial charge is 0.228 e. The van der Waals surface area contributed by atoms with Crippen LogP contribution in [0.3, 0.4) is 0 Å². The highest BCUT2D eigenvalue weighted by Gasteiger charge is 2.21. The number of nitrogens with zero attached hydrogens (tertiary/aromatic N) is 3. The Bertz CT molecular complexity index is 689. The summed E-state index contributed by atoms with van der Waals surface area (Å²) in [5.74, 6) is 0. The third-order valence-corrected chi connectivity index (χ3v) is 4.53. The molecule has 1 saturated heterocycles. The van der Waals surface area contributed by atoms with Crippen molar-refractivity contribution in [2.24, 2.45) is 0 Å². The third-order valence-electron chi connectivity index (χ3n) is 4.53. The molecule has 1 aliphatic rings. The number of carbonyl (C=O) groups is 1. The van der Waals surface area contributed by atoms with Gasteiger partial charge in [-0.3, -0.25) is 9.69 Å². The van der Waals surface area contributed by atoms with Gasteiger partial charge in [0.05, 0.1) is 5.69 Å². The number of piperazine rings is 1. The minimum absolute atomic E-state index is 0.853. The summed E-state index contributed by atoms with van der Waals surface area (Å²) in [7, 11) is 0. The first-order chi connectivity index (χ1) is 12.3. The van der Waals surface area contributed by atoms with E-state index in [0.29, 0.717) is 0 Å². The number of anilines is 1. The van der Waals surface area contributed by atoms with Crippen molar-refractivity contribution in [3.8, 4) is 0 Å². The molecule has 0 aromatic heterocycles. The van der Waals surface area contributed by atoms with Crippen molar-refractivity contribution in [2.45, 2.75) is 6.92 Å².